The molecule has 0 nitrogen and oxygen atoms in total. The lowest BCUT2D eigenvalue weighted by Gasteiger charge is -2.16. The Labute approximate surface area is 145 Å². The normalized spacial score (nSPS) is 9.00. The highest BCUT2D eigenvalue weighted by molar-refractivity contribution is 14.0. The van der Waals surface area contributed by atoms with E-state index in [0.717, 1.165) is 0 Å². The summed E-state index contributed by atoms with van der Waals surface area (Å²) in [5.74, 6) is 0. The van der Waals surface area contributed by atoms with Gasteiger partial charge in [-0.3, -0.25) is 0 Å². The summed E-state index contributed by atoms with van der Waals surface area (Å²) in [6, 6.07) is 0. The number of hydrogen-bond acceptors (Lipinski definition) is 0. The molecule has 0 amide bonds. The van der Waals surface area contributed by atoms with Gasteiger partial charge in [-0.05, 0) is 37.7 Å². The average Bonchev–Trinajstić information content (AvgIpc) is 2.17. The van der Waals surface area contributed by atoms with Gasteiger partial charge in [0.1, 0.15) is 0 Å². The van der Waals surface area contributed by atoms with Gasteiger partial charge in [-0.2, -0.15) is 0 Å². The van der Waals surface area contributed by atoms with Gasteiger partial charge in [0, 0.05) is 0 Å². The smallest absolute Gasteiger partial charge is 0.0326 e. The molecule has 0 aromatic carbocycles. The molecular formula is C12H30ClI2P. The summed E-state index contributed by atoms with van der Waals surface area (Å²) in [7, 11) is 0.422. The van der Waals surface area contributed by atoms with E-state index >= 15 is 0 Å². The van der Waals surface area contributed by atoms with Crippen LogP contribution in [0.1, 0.15) is 59.3 Å². The first-order valence-corrected chi connectivity index (χ1v) is 7.97. The first kappa shape index (κ1) is 26.7. The van der Waals surface area contributed by atoms with Crippen LogP contribution in [0.2, 0.25) is 0 Å². The van der Waals surface area contributed by atoms with E-state index in [4.69, 9.17) is 0 Å². The number of halogens is 3. The molecule has 0 aromatic rings. The Morgan fingerprint density at radius 1 is 0.625 bits per heavy atom. The summed E-state index contributed by atoms with van der Waals surface area (Å²) < 4.78 is 0. The lowest BCUT2D eigenvalue weighted by Crippen LogP contribution is -1.95. The fourth-order valence-corrected chi connectivity index (χ4v) is 4.44. The molecule has 104 valence electrons. The average molecular weight is 495 g/mol. The molecule has 4 heteroatoms. The van der Waals surface area contributed by atoms with Gasteiger partial charge in [0.25, 0.3) is 0 Å². The Kier molecular flexibility index (Phi) is 37.3. The first-order valence-electron chi connectivity index (χ1n) is 6.07. The maximum Gasteiger partial charge on any atom is -0.0326 e. The van der Waals surface area contributed by atoms with E-state index in [9.17, 15) is 0 Å². The predicted molar refractivity (Wildman–Crippen MR) is 104 cm³/mol. The molecule has 0 saturated carbocycles. The van der Waals surface area contributed by atoms with Crippen molar-refractivity contribution in [2.45, 2.75) is 59.3 Å². The summed E-state index contributed by atoms with van der Waals surface area (Å²) in [5, 5.41) is 0. The third-order valence-corrected chi connectivity index (χ3v) is 5.33. The highest BCUT2D eigenvalue weighted by Gasteiger charge is 2.05. The number of unbranched alkanes of at least 4 members (excludes halogenated alkanes) is 3. The minimum Gasteiger partial charge on any atom is -0.147 e. The molecule has 0 radical (unpaired) electrons. The number of hydrogen-bond donors (Lipinski definition) is 0. The lowest BCUT2D eigenvalue weighted by atomic mass is 10.4. The summed E-state index contributed by atoms with van der Waals surface area (Å²) in [5.41, 5.74) is 0. The molecule has 0 atom stereocenters. The predicted octanol–water partition coefficient (Wildman–Crippen LogP) is 6.53. The van der Waals surface area contributed by atoms with Gasteiger partial charge in [-0.1, -0.05) is 40.0 Å². The van der Waals surface area contributed by atoms with Gasteiger partial charge in [0.15, 0.2) is 0 Å². The van der Waals surface area contributed by atoms with Crippen molar-refractivity contribution in [3.63, 3.8) is 0 Å². The molecule has 0 aliphatic heterocycles. The van der Waals surface area contributed by atoms with Crippen LogP contribution in [0.4, 0.5) is 0 Å². The quantitative estimate of drug-likeness (QED) is 0.253. The van der Waals surface area contributed by atoms with E-state index in [1.165, 1.54) is 38.5 Å². The third kappa shape index (κ3) is 18.5. The molecule has 0 bridgehead atoms. The number of rotatable bonds is 9. The molecule has 0 N–H and O–H groups in total. The van der Waals surface area contributed by atoms with Crippen LogP contribution in [0.25, 0.3) is 0 Å². The summed E-state index contributed by atoms with van der Waals surface area (Å²) in [6.45, 7) is 6.94. The van der Waals surface area contributed by atoms with Crippen molar-refractivity contribution in [1.82, 2.24) is 0 Å². The Morgan fingerprint density at radius 2 is 0.875 bits per heavy atom. The topological polar surface area (TPSA) is 0 Å². The van der Waals surface area contributed by atoms with Crippen molar-refractivity contribution in [3.05, 3.63) is 0 Å². The van der Waals surface area contributed by atoms with E-state index < -0.39 is 0 Å². The van der Waals surface area contributed by atoms with Crippen LogP contribution in [0, 0.1) is 0 Å². The van der Waals surface area contributed by atoms with E-state index in [0.29, 0.717) is 7.92 Å². The van der Waals surface area contributed by atoms with Crippen molar-refractivity contribution in [1.29, 1.82) is 0 Å². The highest BCUT2D eigenvalue weighted by atomic mass is 127. The lowest BCUT2D eigenvalue weighted by molar-refractivity contribution is 0.847. The second-order valence-corrected chi connectivity index (χ2v) is 6.59. The molecule has 0 spiro atoms. The van der Waals surface area contributed by atoms with Crippen LogP contribution in [-0.2, 0) is 0 Å². The fraction of sp³-hybridized carbons (Fsp3) is 1.00. The summed E-state index contributed by atoms with van der Waals surface area (Å²) >= 11 is 0. The molecule has 0 aromatic heterocycles. The Bertz CT molecular complexity index is 86.0. The minimum absolute atomic E-state index is 0. The van der Waals surface area contributed by atoms with E-state index in [1.807, 2.05) is 0 Å². The Hall–Kier alpha value is 2.18. The maximum atomic E-state index is 2.31. The zero-order chi connectivity index (χ0) is 9.94. The van der Waals surface area contributed by atoms with Crippen molar-refractivity contribution in [2.75, 3.05) is 18.5 Å². The minimum atomic E-state index is 0. The monoisotopic (exact) mass is 494 g/mol. The molecule has 0 unspecified atom stereocenters. The molecule has 0 heterocycles. The molecule has 0 aliphatic rings. The van der Waals surface area contributed by atoms with Crippen LogP contribution in [-0.4, -0.2) is 18.5 Å². The van der Waals surface area contributed by atoms with E-state index in [-0.39, 0.29) is 60.4 Å². The maximum absolute atomic E-state index is 2.31. The van der Waals surface area contributed by atoms with Gasteiger partial charge < -0.3 is 0 Å². The molecule has 0 aliphatic carbocycles. The zero-order valence-electron chi connectivity index (χ0n) is 11.0. The van der Waals surface area contributed by atoms with Gasteiger partial charge >= 0.3 is 0 Å². The highest BCUT2D eigenvalue weighted by Crippen LogP contribution is 2.38. The van der Waals surface area contributed by atoms with Crippen LogP contribution >= 0.6 is 68.3 Å². The van der Waals surface area contributed by atoms with Gasteiger partial charge in [0.2, 0.25) is 0 Å². The van der Waals surface area contributed by atoms with E-state index in [2.05, 4.69) is 20.8 Å². The molecule has 0 rings (SSSR count). The molecule has 0 fully saturated rings. The van der Waals surface area contributed by atoms with Crippen molar-refractivity contribution >= 4 is 68.3 Å². The van der Waals surface area contributed by atoms with Crippen LogP contribution in [0.5, 0.6) is 0 Å². The standard InChI is InChI=1S/C12H27P.ClH.2HI/c1-4-7-10-13(11-8-5-2)12-9-6-3;;;/h4-12H2,1-3H3;3*1H. The molecule has 16 heavy (non-hydrogen) atoms. The Morgan fingerprint density at radius 3 is 1.06 bits per heavy atom. The fourth-order valence-electron chi connectivity index (χ4n) is 1.48. The Balaban J connectivity index is -0.000000240. The third-order valence-electron chi connectivity index (χ3n) is 2.48. The van der Waals surface area contributed by atoms with Crippen molar-refractivity contribution < 1.29 is 0 Å². The summed E-state index contributed by atoms with van der Waals surface area (Å²) in [6.07, 6.45) is 13.2. The van der Waals surface area contributed by atoms with Gasteiger partial charge in [-0.25, -0.2) is 0 Å². The summed E-state index contributed by atoms with van der Waals surface area (Å²) in [4.78, 5) is 0. The van der Waals surface area contributed by atoms with Gasteiger partial charge in [-0.15, -0.1) is 68.3 Å². The SMILES string of the molecule is CCCCP(CCCC)CCCC.Cl.I.I. The van der Waals surface area contributed by atoms with Crippen LogP contribution < -0.4 is 0 Å². The molecular weight excluding hydrogens is 464 g/mol. The van der Waals surface area contributed by atoms with Gasteiger partial charge in [0.05, 0.1) is 0 Å². The van der Waals surface area contributed by atoms with Crippen molar-refractivity contribution in [2.24, 2.45) is 0 Å². The van der Waals surface area contributed by atoms with E-state index in [1.54, 1.807) is 18.5 Å². The van der Waals surface area contributed by atoms with Crippen molar-refractivity contribution in [3.8, 4) is 0 Å². The van der Waals surface area contributed by atoms with Crippen LogP contribution in [0.15, 0.2) is 0 Å². The van der Waals surface area contributed by atoms with Crippen LogP contribution in [0.3, 0.4) is 0 Å². The second kappa shape index (κ2) is 22.4. The molecule has 0 saturated heterocycles. The largest absolute Gasteiger partial charge is 0.147 e. The second-order valence-electron chi connectivity index (χ2n) is 3.90. The zero-order valence-corrected chi connectivity index (χ0v) is 17.4. The first-order chi connectivity index (χ1) is 6.35.